The summed E-state index contributed by atoms with van der Waals surface area (Å²) in [6.07, 6.45) is 0. The van der Waals surface area contributed by atoms with E-state index in [1.54, 1.807) is 14.2 Å². The highest BCUT2D eigenvalue weighted by molar-refractivity contribution is 6.30. The van der Waals surface area contributed by atoms with Crippen LogP contribution >= 0.6 is 11.6 Å². The van der Waals surface area contributed by atoms with Gasteiger partial charge in [-0.05, 0) is 35.4 Å². The molecular weight excluding hydrogens is 352 g/mol. The number of aromatic hydroxyl groups is 1. The van der Waals surface area contributed by atoms with E-state index in [-0.39, 0.29) is 5.75 Å². The van der Waals surface area contributed by atoms with Gasteiger partial charge in [0.25, 0.3) is 0 Å². The Bertz CT molecular complexity index is 703. The smallest absolute Gasteiger partial charge is 0.200 e. The lowest BCUT2D eigenvalue weighted by atomic mass is 10.1. The van der Waals surface area contributed by atoms with Crippen LogP contribution in [0, 0.1) is 0 Å². The topological polar surface area (TPSA) is 45.2 Å². The number of ether oxygens (including phenoxy) is 2. The average molecular weight is 377 g/mol. The molecule has 0 aliphatic carbocycles. The molecule has 0 spiro atoms. The molecule has 1 heterocycles. The third kappa shape index (κ3) is 4.61. The number of phenolic OH excluding ortho intramolecular Hbond substituents is 1. The largest absolute Gasteiger partial charge is 0.502 e. The Morgan fingerprint density at radius 2 is 1.31 bits per heavy atom. The van der Waals surface area contributed by atoms with Crippen LogP contribution in [-0.4, -0.2) is 55.3 Å². The highest BCUT2D eigenvalue weighted by Gasteiger charge is 2.19. The molecule has 1 N–H and O–H groups in total. The van der Waals surface area contributed by atoms with Gasteiger partial charge in [-0.1, -0.05) is 23.7 Å². The zero-order valence-corrected chi connectivity index (χ0v) is 16.0. The van der Waals surface area contributed by atoms with Crippen molar-refractivity contribution in [1.29, 1.82) is 0 Å². The van der Waals surface area contributed by atoms with E-state index >= 15 is 0 Å². The molecule has 1 fully saturated rings. The fraction of sp³-hybridized carbons (Fsp3) is 0.400. The normalized spacial score (nSPS) is 15.8. The van der Waals surface area contributed by atoms with E-state index in [2.05, 4.69) is 21.9 Å². The number of phenols is 1. The van der Waals surface area contributed by atoms with Crippen LogP contribution in [0.1, 0.15) is 11.1 Å². The van der Waals surface area contributed by atoms with Gasteiger partial charge in [-0.25, -0.2) is 0 Å². The van der Waals surface area contributed by atoms with E-state index in [0.717, 1.165) is 49.9 Å². The quantitative estimate of drug-likeness (QED) is 0.837. The second kappa shape index (κ2) is 8.62. The first kappa shape index (κ1) is 18.8. The SMILES string of the molecule is COc1cc(CN2CCN(Cc3ccc(Cl)cc3)CC2)cc(OC)c1O. The van der Waals surface area contributed by atoms with Crippen molar-refractivity contribution < 1.29 is 14.6 Å². The summed E-state index contributed by atoms with van der Waals surface area (Å²) in [5.74, 6) is 0.938. The number of methoxy groups -OCH3 is 2. The molecule has 2 aromatic carbocycles. The first-order valence-corrected chi connectivity index (χ1v) is 9.10. The molecule has 1 aliphatic heterocycles. The molecule has 6 heteroatoms. The van der Waals surface area contributed by atoms with Crippen LogP contribution in [0.2, 0.25) is 5.02 Å². The lowest BCUT2D eigenvalue weighted by Gasteiger charge is -2.34. The minimum absolute atomic E-state index is 0.0477. The fourth-order valence-electron chi connectivity index (χ4n) is 3.25. The second-order valence-corrected chi connectivity index (χ2v) is 6.96. The van der Waals surface area contributed by atoms with Gasteiger partial charge in [0.1, 0.15) is 0 Å². The molecule has 5 nitrogen and oxygen atoms in total. The van der Waals surface area contributed by atoms with Crippen molar-refractivity contribution in [1.82, 2.24) is 9.80 Å². The van der Waals surface area contributed by atoms with Gasteiger partial charge in [0.2, 0.25) is 5.75 Å². The standard InChI is InChI=1S/C20H25ClN2O3/c1-25-18-11-16(12-19(26-2)20(18)24)14-23-9-7-22(8-10-23)13-15-3-5-17(21)6-4-15/h3-6,11-12,24H,7-10,13-14H2,1-2H3. The van der Waals surface area contributed by atoms with Crippen molar-refractivity contribution in [3.63, 3.8) is 0 Å². The van der Waals surface area contributed by atoms with Crippen LogP contribution in [0.5, 0.6) is 17.2 Å². The summed E-state index contributed by atoms with van der Waals surface area (Å²) in [6.45, 7) is 5.80. The van der Waals surface area contributed by atoms with Gasteiger partial charge in [0.05, 0.1) is 14.2 Å². The highest BCUT2D eigenvalue weighted by atomic mass is 35.5. The Hall–Kier alpha value is -1.95. The highest BCUT2D eigenvalue weighted by Crippen LogP contribution is 2.37. The maximum absolute atomic E-state index is 10.0. The monoisotopic (exact) mass is 376 g/mol. The molecule has 3 rings (SSSR count). The predicted octanol–water partition coefficient (Wildman–Crippen LogP) is 3.38. The van der Waals surface area contributed by atoms with Crippen LogP contribution in [-0.2, 0) is 13.1 Å². The van der Waals surface area contributed by atoms with Crippen molar-refractivity contribution in [2.45, 2.75) is 13.1 Å². The van der Waals surface area contributed by atoms with Crippen LogP contribution in [0.4, 0.5) is 0 Å². The van der Waals surface area contributed by atoms with E-state index in [0.29, 0.717) is 11.5 Å². The lowest BCUT2D eigenvalue weighted by molar-refractivity contribution is 0.122. The number of halogens is 1. The summed E-state index contributed by atoms with van der Waals surface area (Å²) in [5.41, 5.74) is 2.36. The van der Waals surface area contributed by atoms with Gasteiger partial charge < -0.3 is 14.6 Å². The zero-order chi connectivity index (χ0) is 18.5. The Balaban J connectivity index is 1.56. The minimum Gasteiger partial charge on any atom is -0.502 e. The molecule has 140 valence electrons. The molecule has 0 aromatic heterocycles. The minimum atomic E-state index is 0.0477. The van der Waals surface area contributed by atoms with Gasteiger partial charge in [-0.15, -0.1) is 0 Å². The molecule has 0 amide bonds. The molecule has 26 heavy (non-hydrogen) atoms. The molecular formula is C20H25ClN2O3. The van der Waals surface area contributed by atoms with Gasteiger partial charge >= 0.3 is 0 Å². The predicted molar refractivity (Wildman–Crippen MR) is 103 cm³/mol. The maximum Gasteiger partial charge on any atom is 0.200 e. The van der Waals surface area contributed by atoms with Crippen molar-refractivity contribution in [3.8, 4) is 17.2 Å². The lowest BCUT2D eigenvalue weighted by Crippen LogP contribution is -2.45. The Kier molecular flexibility index (Phi) is 6.25. The average Bonchev–Trinajstić information content (AvgIpc) is 2.66. The van der Waals surface area contributed by atoms with Gasteiger partial charge in [-0.2, -0.15) is 0 Å². The third-order valence-corrected chi connectivity index (χ3v) is 4.98. The Morgan fingerprint density at radius 1 is 0.846 bits per heavy atom. The molecule has 1 aliphatic rings. The Morgan fingerprint density at radius 3 is 1.77 bits per heavy atom. The number of hydrogen-bond donors (Lipinski definition) is 1. The number of rotatable bonds is 6. The van der Waals surface area contributed by atoms with Crippen LogP contribution < -0.4 is 9.47 Å². The van der Waals surface area contributed by atoms with Gasteiger partial charge in [0.15, 0.2) is 11.5 Å². The van der Waals surface area contributed by atoms with E-state index in [9.17, 15) is 5.11 Å². The van der Waals surface area contributed by atoms with Crippen molar-refractivity contribution in [2.24, 2.45) is 0 Å². The summed E-state index contributed by atoms with van der Waals surface area (Å²) in [7, 11) is 3.10. The summed E-state index contributed by atoms with van der Waals surface area (Å²) in [6, 6.07) is 11.8. The van der Waals surface area contributed by atoms with E-state index in [1.165, 1.54) is 5.56 Å². The number of hydrogen-bond acceptors (Lipinski definition) is 5. The molecule has 0 atom stereocenters. The summed E-state index contributed by atoms with van der Waals surface area (Å²) >= 11 is 5.95. The van der Waals surface area contributed by atoms with Crippen LogP contribution in [0.25, 0.3) is 0 Å². The summed E-state index contributed by atoms with van der Waals surface area (Å²) in [4.78, 5) is 4.86. The van der Waals surface area contributed by atoms with Crippen molar-refractivity contribution >= 4 is 11.6 Å². The second-order valence-electron chi connectivity index (χ2n) is 6.53. The first-order chi connectivity index (χ1) is 12.6. The van der Waals surface area contributed by atoms with Gasteiger partial charge in [-0.3, -0.25) is 9.80 Å². The number of benzene rings is 2. The summed E-state index contributed by atoms with van der Waals surface area (Å²) in [5, 5.41) is 10.8. The number of nitrogens with zero attached hydrogens (tertiary/aromatic N) is 2. The van der Waals surface area contributed by atoms with E-state index in [4.69, 9.17) is 21.1 Å². The molecule has 0 saturated carbocycles. The molecule has 2 aromatic rings. The third-order valence-electron chi connectivity index (χ3n) is 4.73. The number of piperazine rings is 1. The summed E-state index contributed by atoms with van der Waals surface area (Å²) < 4.78 is 10.5. The molecule has 1 saturated heterocycles. The first-order valence-electron chi connectivity index (χ1n) is 8.72. The molecule has 0 bridgehead atoms. The van der Waals surface area contributed by atoms with E-state index in [1.807, 2.05) is 24.3 Å². The van der Waals surface area contributed by atoms with Crippen molar-refractivity contribution in [3.05, 3.63) is 52.5 Å². The van der Waals surface area contributed by atoms with E-state index < -0.39 is 0 Å². The zero-order valence-electron chi connectivity index (χ0n) is 15.2. The molecule has 0 radical (unpaired) electrons. The van der Waals surface area contributed by atoms with Crippen LogP contribution in [0.3, 0.4) is 0 Å². The van der Waals surface area contributed by atoms with Crippen LogP contribution in [0.15, 0.2) is 36.4 Å². The van der Waals surface area contributed by atoms with Gasteiger partial charge in [0, 0.05) is 44.3 Å². The fourth-order valence-corrected chi connectivity index (χ4v) is 3.38. The van der Waals surface area contributed by atoms with Crippen molar-refractivity contribution in [2.75, 3.05) is 40.4 Å². The molecule has 0 unspecified atom stereocenters. The Labute approximate surface area is 159 Å². The maximum atomic E-state index is 10.0.